The number of rotatable bonds is 6. The van der Waals surface area contributed by atoms with Gasteiger partial charge in [-0.15, -0.1) is 0 Å². The molecule has 0 aliphatic rings. The van der Waals surface area contributed by atoms with Gasteiger partial charge in [0.25, 0.3) is 0 Å². The first-order valence-corrected chi connectivity index (χ1v) is 8.58. The van der Waals surface area contributed by atoms with Gasteiger partial charge in [-0.25, -0.2) is 0 Å². The number of hydrogen-bond acceptors (Lipinski definition) is 0. The molecule has 0 aromatic heterocycles. The molecule has 0 radical (unpaired) electrons. The summed E-state index contributed by atoms with van der Waals surface area (Å²) < 4.78 is 0. The third kappa shape index (κ3) is 6.65. The van der Waals surface area contributed by atoms with E-state index >= 15 is 0 Å². The molecule has 0 fully saturated rings. The molecule has 0 spiro atoms. The van der Waals surface area contributed by atoms with Crippen LogP contribution in [0.5, 0.6) is 0 Å². The lowest BCUT2D eigenvalue weighted by Crippen LogP contribution is -2.21. The summed E-state index contributed by atoms with van der Waals surface area (Å²) >= 11 is 0. The predicted molar refractivity (Wildman–Crippen MR) is 61.2 cm³/mol. The quantitative estimate of drug-likeness (QED) is 0.537. The molecule has 0 aromatic rings. The Labute approximate surface area is 79.1 Å². The smallest absolute Gasteiger partial charge is 0.0713 e. The minimum Gasteiger partial charge on any atom is -0.0986 e. The van der Waals surface area contributed by atoms with Gasteiger partial charge in [0.2, 0.25) is 0 Å². The molecule has 0 nitrogen and oxygen atoms in total. The molecular weight excluding hydrogens is 160 g/mol. The fourth-order valence-electron chi connectivity index (χ4n) is 1.28. The first-order valence-electron chi connectivity index (χ1n) is 5.30. The minimum atomic E-state index is -0.942. The van der Waals surface area contributed by atoms with Crippen molar-refractivity contribution in [1.29, 1.82) is 0 Å². The third-order valence-electron chi connectivity index (χ3n) is 2.20. The fourth-order valence-corrected chi connectivity index (χ4v) is 3.52. The molecular formula is C11H24Si. The van der Waals surface area contributed by atoms with Crippen LogP contribution in [0.1, 0.15) is 39.5 Å². The maximum Gasteiger partial charge on any atom is 0.0713 e. The Bertz CT molecular complexity index is 125. The first-order chi connectivity index (χ1) is 5.62. The van der Waals surface area contributed by atoms with E-state index < -0.39 is 8.07 Å². The van der Waals surface area contributed by atoms with Crippen molar-refractivity contribution in [3.8, 4) is 0 Å². The van der Waals surface area contributed by atoms with Crippen LogP contribution in [0.2, 0.25) is 19.1 Å². The van der Waals surface area contributed by atoms with Crippen LogP contribution in [-0.4, -0.2) is 8.07 Å². The molecule has 0 N–H and O–H groups in total. The molecule has 0 bridgehead atoms. The van der Waals surface area contributed by atoms with Crippen LogP contribution in [0, 0.1) is 0 Å². The van der Waals surface area contributed by atoms with Crippen molar-refractivity contribution >= 4 is 8.07 Å². The molecule has 0 saturated carbocycles. The highest BCUT2D eigenvalue weighted by atomic mass is 28.3. The SMILES string of the molecule is CCCC=C[Si](C)(C)CCCC. The van der Waals surface area contributed by atoms with E-state index in [0.717, 1.165) is 0 Å². The summed E-state index contributed by atoms with van der Waals surface area (Å²) in [5.74, 6) is 0. The van der Waals surface area contributed by atoms with E-state index in [9.17, 15) is 0 Å². The lowest BCUT2D eigenvalue weighted by atomic mass is 10.3. The van der Waals surface area contributed by atoms with E-state index in [1.165, 1.54) is 31.7 Å². The van der Waals surface area contributed by atoms with Crippen LogP contribution in [0.15, 0.2) is 11.8 Å². The second-order valence-electron chi connectivity index (χ2n) is 4.28. The number of unbranched alkanes of at least 4 members (excludes halogenated alkanes) is 2. The lowest BCUT2D eigenvalue weighted by Gasteiger charge is -2.16. The summed E-state index contributed by atoms with van der Waals surface area (Å²) in [6.45, 7) is 9.45. The van der Waals surface area contributed by atoms with Gasteiger partial charge >= 0.3 is 0 Å². The molecule has 0 aliphatic heterocycles. The van der Waals surface area contributed by atoms with Crippen LogP contribution in [0.3, 0.4) is 0 Å². The van der Waals surface area contributed by atoms with E-state index in [0.29, 0.717) is 0 Å². The lowest BCUT2D eigenvalue weighted by molar-refractivity contribution is 0.869. The summed E-state index contributed by atoms with van der Waals surface area (Å²) in [5, 5.41) is 0. The second kappa shape index (κ2) is 6.47. The van der Waals surface area contributed by atoms with Gasteiger partial charge in [0.15, 0.2) is 0 Å². The van der Waals surface area contributed by atoms with Gasteiger partial charge in [0.1, 0.15) is 0 Å². The molecule has 0 saturated heterocycles. The molecule has 0 atom stereocenters. The van der Waals surface area contributed by atoms with Crippen molar-refractivity contribution in [3.63, 3.8) is 0 Å². The molecule has 0 amide bonds. The summed E-state index contributed by atoms with van der Waals surface area (Å²) in [7, 11) is -0.942. The summed E-state index contributed by atoms with van der Waals surface area (Å²) in [6, 6.07) is 1.46. The monoisotopic (exact) mass is 184 g/mol. The van der Waals surface area contributed by atoms with Gasteiger partial charge in [0, 0.05) is 0 Å². The standard InChI is InChI=1S/C11H24Si/c1-5-7-9-11-12(3,4)10-8-6-2/h9,11H,5-8,10H2,1-4H3. The number of hydrogen-bond donors (Lipinski definition) is 0. The summed E-state index contributed by atoms with van der Waals surface area (Å²) in [6.07, 6.45) is 7.70. The Balaban J connectivity index is 3.69. The highest BCUT2D eigenvalue weighted by molar-refractivity contribution is 6.82. The largest absolute Gasteiger partial charge is 0.0986 e. The van der Waals surface area contributed by atoms with Crippen molar-refractivity contribution in [2.45, 2.75) is 58.7 Å². The Hall–Kier alpha value is -0.0431. The van der Waals surface area contributed by atoms with Gasteiger partial charge in [-0.2, -0.15) is 0 Å². The topological polar surface area (TPSA) is 0 Å². The molecule has 0 heterocycles. The van der Waals surface area contributed by atoms with Crippen molar-refractivity contribution < 1.29 is 0 Å². The van der Waals surface area contributed by atoms with Crippen molar-refractivity contribution in [1.82, 2.24) is 0 Å². The van der Waals surface area contributed by atoms with Crippen LogP contribution < -0.4 is 0 Å². The zero-order chi connectivity index (χ0) is 9.45. The van der Waals surface area contributed by atoms with Crippen molar-refractivity contribution in [2.24, 2.45) is 0 Å². The molecule has 0 aliphatic carbocycles. The molecule has 0 aromatic carbocycles. The van der Waals surface area contributed by atoms with Gasteiger partial charge in [-0.05, 0) is 6.42 Å². The molecule has 72 valence electrons. The van der Waals surface area contributed by atoms with E-state index in [1.54, 1.807) is 0 Å². The molecule has 0 rings (SSSR count). The Morgan fingerprint density at radius 1 is 1.08 bits per heavy atom. The van der Waals surface area contributed by atoms with Crippen LogP contribution in [0.25, 0.3) is 0 Å². The molecule has 12 heavy (non-hydrogen) atoms. The van der Waals surface area contributed by atoms with E-state index in [2.05, 4.69) is 38.7 Å². The Morgan fingerprint density at radius 2 is 1.75 bits per heavy atom. The molecule has 0 unspecified atom stereocenters. The third-order valence-corrected chi connectivity index (χ3v) is 4.98. The summed E-state index contributed by atoms with van der Waals surface area (Å²) in [5.41, 5.74) is 2.52. The normalized spacial score (nSPS) is 12.7. The van der Waals surface area contributed by atoms with Crippen molar-refractivity contribution in [2.75, 3.05) is 0 Å². The fraction of sp³-hybridized carbons (Fsp3) is 0.818. The van der Waals surface area contributed by atoms with Gasteiger partial charge < -0.3 is 0 Å². The van der Waals surface area contributed by atoms with Gasteiger partial charge in [0.05, 0.1) is 8.07 Å². The number of allylic oxidation sites excluding steroid dienone is 1. The van der Waals surface area contributed by atoms with Crippen LogP contribution in [0.4, 0.5) is 0 Å². The van der Waals surface area contributed by atoms with Crippen LogP contribution in [-0.2, 0) is 0 Å². The van der Waals surface area contributed by atoms with Crippen LogP contribution >= 0.6 is 0 Å². The highest BCUT2D eigenvalue weighted by Gasteiger charge is 2.14. The Kier molecular flexibility index (Phi) is 6.45. The maximum absolute atomic E-state index is 2.52. The Morgan fingerprint density at radius 3 is 2.25 bits per heavy atom. The van der Waals surface area contributed by atoms with Crippen molar-refractivity contribution in [3.05, 3.63) is 11.8 Å². The average Bonchev–Trinajstić information content (AvgIpc) is 2.01. The predicted octanol–water partition coefficient (Wildman–Crippen LogP) is 4.39. The molecule has 1 heteroatoms. The zero-order valence-electron chi connectivity index (χ0n) is 9.19. The van der Waals surface area contributed by atoms with Gasteiger partial charge in [-0.1, -0.05) is 64.0 Å². The zero-order valence-corrected chi connectivity index (χ0v) is 10.2. The first kappa shape index (κ1) is 12.0. The second-order valence-corrected chi connectivity index (χ2v) is 9.09. The van der Waals surface area contributed by atoms with Gasteiger partial charge in [-0.3, -0.25) is 0 Å². The van der Waals surface area contributed by atoms with E-state index in [4.69, 9.17) is 0 Å². The minimum absolute atomic E-state index is 0.942. The summed E-state index contributed by atoms with van der Waals surface area (Å²) in [4.78, 5) is 0. The average molecular weight is 184 g/mol. The van der Waals surface area contributed by atoms with E-state index in [1.807, 2.05) is 0 Å². The highest BCUT2D eigenvalue weighted by Crippen LogP contribution is 2.15. The maximum atomic E-state index is 2.52. The van der Waals surface area contributed by atoms with E-state index in [-0.39, 0.29) is 0 Å².